The molecule has 0 aromatic heterocycles. The highest BCUT2D eigenvalue weighted by atomic mass is 32.2. The average molecular weight is 260 g/mol. The maximum absolute atomic E-state index is 11.8. The number of nitrogens with zero attached hydrogens (tertiary/aromatic N) is 1. The lowest BCUT2D eigenvalue weighted by atomic mass is 10.2. The number of nitrogens with one attached hydrogen (secondary N) is 1. The molecule has 1 fully saturated rings. The summed E-state index contributed by atoms with van der Waals surface area (Å²) < 4.78 is 4.69. The van der Waals surface area contributed by atoms with E-state index in [4.69, 9.17) is 4.74 Å². The summed E-state index contributed by atoms with van der Waals surface area (Å²) in [5, 5.41) is 2.74. The minimum Gasteiger partial charge on any atom is -0.467 e. The highest BCUT2D eigenvalue weighted by molar-refractivity contribution is 7.98. The fourth-order valence-corrected chi connectivity index (χ4v) is 2.26. The molecule has 1 aliphatic rings. The van der Waals surface area contributed by atoms with Crippen LogP contribution in [-0.4, -0.2) is 55.2 Å². The summed E-state index contributed by atoms with van der Waals surface area (Å²) in [5.74, 6) is 0.451. The molecule has 1 aliphatic heterocycles. The molecule has 0 saturated carbocycles. The lowest BCUT2D eigenvalue weighted by molar-refractivity contribution is -0.142. The molecule has 5 nitrogen and oxygen atoms in total. The minimum atomic E-state index is -0.527. The van der Waals surface area contributed by atoms with Crippen molar-refractivity contribution in [2.24, 2.45) is 0 Å². The number of hydrogen-bond acceptors (Lipinski definition) is 4. The van der Waals surface area contributed by atoms with Gasteiger partial charge in [-0.05, 0) is 31.3 Å². The van der Waals surface area contributed by atoms with E-state index < -0.39 is 6.04 Å². The molecule has 0 spiro atoms. The zero-order valence-electron chi connectivity index (χ0n) is 10.4. The van der Waals surface area contributed by atoms with Gasteiger partial charge in [0.25, 0.3) is 0 Å². The second-order valence-corrected chi connectivity index (χ2v) is 4.99. The van der Waals surface area contributed by atoms with E-state index in [1.54, 1.807) is 16.7 Å². The number of rotatable bonds is 5. The molecule has 98 valence electrons. The van der Waals surface area contributed by atoms with Crippen molar-refractivity contribution in [3.63, 3.8) is 0 Å². The third kappa shape index (κ3) is 4.46. The summed E-state index contributed by atoms with van der Waals surface area (Å²) in [4.78, 5) is 25.1. The molecule has 0 bridgehead atoms. The van der Waals surface area contributed by atoms with Gasteiger partial charge in [0.2, 0.25) is 0 Å². The first-order chi connectivity index (χ1) is 8.19. The molecule has 1 saturated heterocycles. The number of carbonyl (C=O) groups excluding carboxylic acids is 2. The van der Waals surface area contributed by atoms with Gasteiger partial charge in [-0.25, -0.2) is 9.59 Å². The van der Waals surface area contributed by atoms with E-state index in [-0.39, 0.29) is 12.0 Å². The molecule has 1 rings (SSSR count). The third-order valence-electron chi connectivity index (χ3n) is 2.79. The molecule has 17 heavy (non-hydrogen) atoms. The summed E-state index contributed by atoms with van der Waals surface area (Å²) in [6.45, 7) is 1.56. The van der Waals surface area contributed by atoms with Crippen LogP contribution >= 0.6 is 11.8 Å². The van der Waals surface area contributed by atoms with Gasteiger partial charge in [-0.15, -0.1) is 0 Å². The molecule has 1 N–H and O–H groups in total. The van der Waals surface area contributed by atoms with Gasteiger partial charge in [0.1, 0.15) is 6.04 Å². The van der Waals surface area contributed by atoms with Crippen LogP contribution in [0.2, 0.25) is 0 Å². The van der Waals surface area contributed by atoms with Gasteiger partial charge in [-0.2, -0.15) is 11.8 Å². The van der Waals surface area contributed by atoms with Crippen molar-refractivity contribution in [3.05, 3.63) is 0 Å². The zero-order valence-corrected chi connectivity index (χ0v) is 11.2. The molecule has 6 heteroatoms. The Balaban J connectivity index is 2.46. The molecular formula is C11H20N2O3S. The quantitative estimate of drug-likeness (QED) is 0.752. The van der Waals surface area contributed by atoms with E-state index >= 15 is 0 Å². The predicted molar refractivity (Wildman–Crippen MR) is 68.1 cm³/mol. The molecule has 2 amide bonds. The Morgan fingerprint density at radius 3 is 2.59 bits per heavy atom. The number of hydrogen-bond donors (Lipinski definition) is 1. The normalized spacial score (nSPS) is 16.7. The largest absolute Gasteiger partial charge is 0.467 e. The smallest absolute Gasteiger partial charge is 0.328 e. The Kier molecular flexibility index (Phi) is 6.18. The fraction of sp³-hybridized carbons (Fsp3) is 0.818. The van der Waals surface area contributed by atoms with Crippen molar-refractivity contribution < 1.29 is 14.3 Å². The van der Waals surface area contributed by atoms with Crippen LogP contribution in [0.5, 0.6) is 0 Å². The van der Waals surface area contributed by atoms with Crippen LogP contribution in [-0.2, 0) is 9.53 Å². The van der Waals surface area contributed by atoms with Crippen LogP contribution in [0.4, 0.5) is 4.79 Å². The maximum atomic E-state index is 11.8. The first-order valence-corrected chi connectivity index (χ1v) is 7.20. The topological polar surface area (TPSA) is 58.6 Å². The number of thioether (sulfide) groups is 1. The van der Waals surface area contributed by atoms with E-state index in [2.05, 4.69) is 5.32 Å². The van der Waals surface area contributed by atoms with Crippen LogP contribution in [0.1, 0.15) is 19.3 Å². The van der Waals surface area contributed by atoms with E-state index in [9.17, 15) is 9.59 Å². The van der Waals surface area contributed by atoms with Crippen molar-refractivity contribution >= 4 is 23.8 Å². The van der Waals surface area contributed by atoms with Crippen molar-refractivity contribution in [1.29, 1.82) is 0 Å². The number of amides is 2. The lowest BCUT2D eigenvalue weighted by Gasteiger charge is -2.21. The van der Waals surface area contributed by atoms with Gasteiger partial charge < -0.3 is 15.0 Å². The molecule has 1 atom stereocenters. The highest BCUT2D eigenvalue weighted by Gasteiger charge is 2.25. The summed E-state index contributed by atoms with van der Waals surface area (Å²) in [6.07, 6.45) is 4.66. The Labute approximate surface area is 106 Å². The highest BCUT2D eigenvalue weighted by Crippen LogP contribution is 2.09. The summed E-state index contributed by atoms with van der Waals surface area (Å²) >= 11 is 1.64. The van der Waals surface area contributed by atoms with Gasteiger partial charge in [0, 0.05) is 13.1 Å². The first-order valence-electron chi connectivity index (χ1n) is 5.81. The van der Waals surface area contributed by atoms with Crippen LogP contribution in [0.15, 0.2) is 0 Å². The predicted octanol–water partition coefficient (Wildman–Crippen LogP) is 1.09. The van der Waals surface area contributed by atoms with E-state index in [1.165, 1.54) is 7.11 Å². The Morgan fingerprint density at radius 2 is 2.06 bits per heavy atom. The second kappa shape index (κ2) is 7.42. The Hall–Kier alpha value is -0.910. The summed E-state index contributed by atoms with van der Waals surface area (Å²) in [6, 6.07) is -0.681. The molecule has 0 aromatic rings. The summed E-state index contributed by atoms with van der Waals surface area (Å²) in [7, 11) is 1.34. The van der Waals surface area contributed by atoms with Crippen molar-refractivity contribution in [1.82, 2.24) is 10.2 Å². The van der Waals surface area contributed by atoms with Crippen LogP contribution in [0, 0.1) is 0 Å². The minimum absolute atomic E-state index is 0.154. The molecular weight excluding hydrogens is 240 g/mol. The Morgan fingerprint density at radius 1 is 1.41 bits per heavy atom. The van der Waals surface area contributed by atoms with Crippen molar-refractivity contribution in [2.75, 3.05) is 32.2 Å². The molecule has 1 heterocycles. The van der Waals surface area contributed by atoms with E-state index in [0.29, 0.717) is 6.42 Å². The third-order valence-corrected chi connectivity index (χ3v) is 3.43. The van der Waals surface area contributed by atoms with E-state index in [1.807, 2.05) is 6.26 Å². The monoisotopic (exact) mass is 260 g/mol. The maximum Gasteiger partial charge on any atom is 0.328 e. The van der Waals surface area contributed by atoms with Crippen LogP contribution < -0.4 is 5.32 Å². The van der Waals surface area contributed by atoms with Gasteiger partial charge in [-0.3, -0.25) is 0 Å². The number of ether oxygens (including phenoxy) is 1. The van der Waals surface area contributed by atoms with E-state index in [0.717, 1.165) is 31.7 Å². The Bertz CT molecular complexity index is 267. The SMILES string of the molecule is COC(=O)[C@H](CCSC)NC(=O)N1CCCC1. The van der Waals surface area contributed by atoms with Gasteiger partial charge >= 0.3 is 12.0 Å². The molecule has 0 radical (unpaired) electrons. The van der Waals surface area contributed by atoms with Crippen LogP contribution in [0.25, 0.3) is 0 Å². The fourth-order valence-electron chi connectivity index (χ4n) is 1.79. The standard InChI is InChI=1S/C11H20N2O3S/c1-16-10(14)9(5-8-17-2)12-11(15)13-6-3-4-7-13/h9H,3-8H2,1-2H3,(H,12,15)/t9-/m0/s1. The lowest BCUT2D eigenvalue weighted by Crippen LogP contribution is -2.47. The van der Waals surface area contributed by atoms with Crippen LogP contribution in [0.3, 0.4) is 0 Å². The average Bonchev–Trinajstić information content (AvgIpc) is 2.87. The first kappa shape index (κ1) is 14.2. The summed E-state index contributed by atoms with van der Waals surface area (Å²) in [5.41, 5.74) is 0. The number of likely N-dealkylation sites (tertiary alicyclic amines) is 1. The number of esters is 1. The van der Waals surface area contributed by atoms with Crippen molar-refractivity contribution in [3.8, 4) is 0 Å². The van der Waals surface area contributed by atoms with Crippen molar-refractivity contribution in [2.45, 2.75) is 25.3 Å². The van der Waals surface area contributed by atoms with Gasteiger partial charge in [0.05, 0.1) is 7.11 Å². The molecule has 0 aliphatic carbocycles. The molecule has 0 unspecified atom stereocenters. The van der Waals surface area contributed by atoms with Gasteiger partial charge in [-0.1, -0.05) is 0 Å². The number of methoxy groups -OCH3 is 1. The number of urea groups is 1. The number of carbonyl (C=O) groups is 2. The molecule has 0 aromatic carbocycles. The zero-order chi connectivity index (χ0) is 12.7. The second-order valence-electron chi connectivity index (χ2n) is 4.00. The van der Waals surface area contributed by atoms with Gasteiger partial charge in [0.15, 0.2) is 0 Å².